The summed E-state index contributed by atoms with van der Waals surface area (Å²) in [6, 6.07) is 19.9. The van der Waals surface area contributed by atoms with E-state index in [1.165, 1.54) is 36.6 Å². The van der Waals surface area contributed by atoms with E-state index in [0.717, 1.165) is 11.1 Å². The van der Waals surface area contributed by atoms with Gasteiger partial charge in [-0.05, 0) is 47.9 Å². The third kappa shape index (κ3) is 6.29. The van der Waals surface area contributed by atoms with Crippen LogP contribution in [0.3, 0.4) is 0 Å². The Hall–Kier alpha value is -5.20. The zero-order valence-corrected chi connectivity index (χ0v) is 26.8. The van der Waals surface area contributed by atoms with Crippen LogP contribution >= 0.6 is 11.3 Å². The molecule has 0 saturated carbocycles. The van der Waals surface area contributed by atoms with Gasteiger partial charge < -0.3 is 9.47 Å². The molecule has 2 heterocycles. The van der Waals surface area contributed by atoms with E-state index >= 15 is 0 Å². The minimum atomic E-state index is -4.86. The highest BCUT2D eigenvalue weighted by molar-refractivity contribution is 7.86. The smallest absolute Gasteiger partial charge is 0.303 e. The fourth-order valence-electron chi connectivity index (χ4n) is 4.78. The fraction of sp³-hybridized carbons (Fsp3) is 0.0667. The quantitative estimate of drug-likeness (QED) is 0.143. The Bertz CT molecular complexity index is 2340. The molecule has 0 atom stereocenters. The van der Waals surface area contributed by atoms with Crippen molar-refractivity contribution in [3.05, 3.63) is 89.8 Å². The Labute approximate surface area is 272 Å². The summed E-state index contributed by atoms with van der Waals surface area (Å²) in [6.07, 6.45) is 0. The number of ether oxygens (including phenoxy) is 2. The van der Waals surface area contributed by atoms with E-state index in [-0.39, 0.29) is 33.0 Å². The number of nitrogens with one attached hydrogen (secondary N) is 1. The molecule has 17 heteroatoms. The number of amides is 1. The number of rotatable bonds is 9. The molecule has 0 spiro atoms. The fourth-order valence-corrected chi connectivity index (χ4v) is 6.90. The second kappa shape index (κ2) is 12.2. The molecule has 5 aromatic rings. The number of carbonyl (C=O) groups is 1. The van der Waals surface area contributed by atoms with E-state index in [1.807, 2.05) is 0 Å². The van der Waals surface area contributed by atoms with Gasteiger partial charge in [0.05, 0.1) is 30.5 Å². The molecule has 0 aliphatic carbocycles. The molecule has 1 aliphatic heterocycles. The summed E-state index contributed by atoms with van der Waals surface area (Å²) >= 11 is 1.18. The number of fused-ring (bicyclic) bond motifs is 1. The Balaban J connectivity index is 1.38. The molecule has 1 amide bonds. The van der Waals surface area contributed by atoms with Crippen LogP contribution in [0.25, 0.3) is 22.0 Å². The van der Waals surface area contributed by atoms with Gasteiger partial charge in [0.2, 0.25) is 5.13 Å². The predicted molar refractivity (Wildman–Crippen MR) is 176 cm³/mol. The molecule has 1 aliphatic rings. The van der Waals surface area contributed by atoms with E-state index in [0.29, 0.717) is 34.4 Å². The molecule has 0 fully saturated rings. The van der Waals surface area contributed by atoms with Gasteiger partial charge in [-0.3, -0.25) is 19.3 Å². The summed E-state index contributed by atoms with van der Waals surface area (Å²) in [7, 11) is -6.61. The molecule has 47 heavy (non-hydrogen) atoms. The third-order valence-electron chi connectivity index (χ3n) is 6.98. The zero-order valence-electron chi connectivity index (χ0n) is 24.3. The molecule has 6 rings (SSSR count). The molecule has 240 valence electrons. The first-order chi connectivity index (χ1) is 22.4. The van der Waals surface area contributed by atoms with Gasteiger partial charge in [0, 0.05) is 21.9 Å². The van der Waals surface area contributed by atoms with E-state index in [4.69, 9.17) is 9.47 Å². The number of hydrogen-bond acceptors (Lipinski definition) is 12. The molecule has 1 aromatic heterocycles. The van der Waals surface area contributed by atoms with Crippen molar-refractivity contribution in [3.63, 3.8) is 0 Å². The van der Waals surface area contributed by atoms with Crippen LogP contribution in [0.1, 0.15) is 5.56 Å². The molecule has 3 N–H and O–H groups in total. The van der Waals surface area contributed by atoms with Crippen molar-refractivity contribution in [3.8, 4) is 22.8 Å². The number of thiazole rings is 1. The van der Waals surface area contributed by atoms with Gasteiger partial charge in [0.1, 0.15) is 22.1 Å². The lowest BCUT2D eigenvalue weighted by atomic mass is 10.1. The minimum Gasteiger partial charge on any atom is -0.497 e. The molecule has 14 nitrogen and oxygen atoms in total. The van der Waals surface area contributed by atoms with E-state index < -0.39 is 35.9 Å². The highest BCUT2D eigenvalue weighted by atomic mass is 32.2. The maximum Gasteiger partial charge on any atom is 0.303 e. The molecular formula is C30H23N5O9S3. The van der Waals surface area contributed by atoms with E-state index in [1.54, 1.807) is 61.0 Å². The largest absolute Gasteiger partial charge is 0.497 e. The SMILES string of the molecule is COc1ccc(OC)c(-c2csc(N3N=C(c4ccccc4)/C(=N/Nc4ccc5c(S(=O)(=O)O)cc(S(=O)(=O)O)cc5c4)C3=O)n2)c1. The van der Waals surface area contributed by atoms with Gasteiger partial charge in [0.15, 0.2) is 5.71 Å². The Kier molecular flexibility index (Phi) is 8.24. The van der Waals surface area contributed by atoms with Crippen LogP contribution in [0, 0.1) is 0 Å². The number of hydrogen-bond donors (Lipinski definition) is 3. The van der Waals surface area contributed by atoms with Crippen LogP contribution in [0.2, 0.25) is 0 Å². The van der Waals surface area contributed by atoms with Crippen molar-refractivity contribution in [1.29, 1.82) is 0 Å². The van der Waals surface area contributed by atoms with Crippen molar-refractivity contribution in [2.45, 2.75) is 9.79 Å². The topological polar surface area (TPSA) is 197 Å². The number of hydrazone groups is 2. The molecular weight excluding hydrogens is 671 g/mol. The monoisotopic (exact) mass is 693 g/mol. The molecule has 0 saturated heterocycles. The van der Waals surface area contributed by atoms with Crippen LogP contribution in [0.15, 0.2) is 104 Å². The summed E-state index contributed by atoms with van der Waals surface area (Å²) in [5.41, 5.74) is 4.89. The maximum absolute atomic E-state index is 13.8. The number of benzene rings is 4. The Morgan fingerprint density at radius 1 is 0.894 bits per heavy atom. The van der Waals surface area contributed by atoms with Gasteiger partial charge in [-0.2, -0.15) is 32.0 Å². The van der Waals surface area contributed by atoms with Crippen molar-refractivity contribution in [2.24, 2.45) is 10.2 Å². The number of nitrogens with zero attached hydrogens (tertiary/aromatic N) is 4. The van der Waals surface area contributed by atoms with Gasteiger partial charge in [-0.25, -0.2) is 4.98 Å². The lowest BCUT2D eigenvalue weighted by Gasteiger charge is -2.10. The summed E-state index contributed by atoms with van der Waals surface area (Å²) in [4.78, 5) is 17.0. The zero-order chi connectivity index (χ0) is 33.5. The lowest BCUT2D eigenvalue weighted by Crippen LogP contribution is -2.28. The van der Waals surface area contributed by atoms with Gasteiger partial charge >= 0.3 is 5.91 Å². The van der Waals surface area contributed by atoms with Crippen molar-refractivity contribution >= 4 is 70.5 Å². The second-order valence-corrected chi connectivity index (χ2v) is 13.5. The third-order valence-corrected chi connectivity index (χ3v) is 9.52. The molecule has 0 unspecified atom stereocenters. The normalized spacial score (nSPS) is 14.5. The highest BCUT2D eigenvalue weighted by Crippen LogP contribution is 2.37. The Morgan fingerprint density at radius 2 is 1.66 bits per heavy atom. The maximum atomic E-state index is 13.8. The van der Waals surface area contributed by atoms with Crippen LogP contribution in [0.5, 0.6) is 11.5 Å². The predicted octanol–water partition coefficient (Wildman–Crippen LogP) is 4.69. The number of aromatic nitrogens is 1. The average Bonchev–Trinajstić information content (AvgIpc) is 3.66. The second-order valence-electron chi connectivity index (χ2n) is 9.89. The van der Waals surface area contributed by atoms with Crippen molar-refractivity contribution in [1.82, 2.24) is 4.98 Å². The van der Waals surface area contributed by atoms with Crippen LogP contribution < -0.4 is 19.9 Å². The highest BCUT2D eigenvalue weighted by Gasteiger charge is 2.36. The van der Waals surface area contributed by atoms with Crippen LogP contribution in [0.4, 0.5) is 10.8 Å². The first-order valence-corrected chi connectivity index (χ1v) is 17.2. The Morgan fingerprint density at radius 3 is 2.34 bits per heavy atom. The molecule has 0 radical (unpaired) electrons. The first kappa shape index (κ1) is 31.8. The van der Waals surface area contributed by atoms with E-state index in [9.17, 15) is 30.7 Å². The number of carbonyl (C=O) groups excluding carboxylic acids is 1. The van der Waals surface area contributed by atoms with Crippen LogP contribution in [-0.4, -0.2) is 62.5 Å². The number of methoxy groups -OCH3 is 2. The summed E-state index contributed by atoms with van der Waals surface area (Å²) in [5.74, 6) is 0.547. The number of anilines is 2. The summed E-state index contributed by atoms with van der Waals surface area (Å²) in [5, 5.41) is 12.0. The standard InChI is InChI=1S/C30H23N5O9S3/c1-43-20-9-11-25(44-2)23(14-20)24-16-45-30(31-24)35-29(36)28(27(34-35)17-6-4-3-5-7-17)33-32-19-8-10-22-18(12-19)13-21(46(37,38)39)15-26(22)47(40,41)42/h3-16,32H,1-2H3,(H,37,38,39)(H,40,41,42)/b33-28-. The van der Waals surface area contributed by atoms with E-state index in [2.05, 4.69) is 20.6 Å². The molecule has 4 aromatic carbocycles. The van der Waals surface area contributed by atoms with Gasteiger partial charge in [-0.15, -0.1) is 11.3 Å². The summed E-state index contributed by atoms with van der Waals surface area (Å²) in [6.45, 7) is 0. The molecule has 0 bridgehead atoms. The van der Waals surface area contributed by atoms with Gasteiger partial charge in [-0.1, -0.05) is 36.4 Å². The van der Waals surface area contributed by atoms with Crippen molar-refractivity contribution < 1.29 is 40.2 Å². The first-order valence-electron chi connectivity index (χ1n) is 13.4. The van der Waals surface area contributed by atoms with Gasteiger partial charge in [0.25, 0.3) is 20.2 Å². The lowest BCUT2D eigenvalue weighted by molar-refractivity contribution is -0.112. The average molecular weight is 694 g/mol. The summed E-state index contributed by atoms with van der Waals surface area (Å²) < 4.78 is 77.6. The van der Waals surface area contributed by atoms with Crippen LogP contribution in [-0.2, 0) is 25.0 Å². The minimum absolute atomic E-state index is 0.0139. The van der Waals surface area contributed by atoms with Crippen molar-refractivity contribution in [2.75, 3.05) is 24.7 Å².